The maximum Gasteiger partial charge on any atom is 0.152 e. The Balaban J connectivity index is 2.11. The second-order valence-electron chi connectivity index (χ2n) is 4.71. The van der Waals surface area contributed by atoms with Crippen LogP contribution < -0.4 is 10.5 Å². The zero-order valence-electron chi connectivity index (χ0n) is 11.1. The monoisotopic (exact) mass is 284 g/mol. The first-order chi connectivity index (χ1) is 9.05. The highest BCUT2D eigenvalue weighted by molar-refractivity contribution is 7.91. The van der Waals surface area contributed by atoms with E-state index >= 15 is 0 Å². The van der Waals surface area contributed by atoms with Crippen LogP contribution in [0.25, 0.3) is 0 Å². The third-order valence-corrected chi connectivity index (χ3v) is 5.15. The molecule has 0 amide bonds. The second-order valence-corrected chi connectivity index (χ2v) is 7.02. The van der Waals surface area contributed by atoms with Gasteiger partial charge in [-0.3, -0.25) is 4.90 Å². The fraction of sp³-hybridized carbons (Fsp3) is 0.538. The number of hydrogen-bond donors (Lipinski definition) is 1. The van der Waals surface area contributed by atoms with E-state index in [2.05, 4.69) is 4.90 Å². The molecule has 1 unspecified atom stereocenters. The van der Waals surface area contributed by atoms with Crippen molar-refractivity contribution in [2.75, 3.05) is 38.2 Å². The van der Waals surface area contributed by atoms with Crippen LogP contribution >= 0.6 is 0 Å². The fourth-order valence-electron chi connectivity index (χ4n) is 2.36. The summed E-state index contributed by atoms with van der Waals surface area (Å²) in [6, 6.07) is 7.84. The maximum atomic E-state index is 11.5. The van der Waals surface area contributed by atoms with Gasteiger partial charge >= 0.3 is 0 Å². The van der Waals surface area contributed by atoms with Crippen LogP contribution in [-0.2, 0) is 9.84 Å². The van der Waals surface area contributed by atoms with Gasteiger partial charge in [-0.05, 0) is 17.7 Å². The van der Waals surface area contributed by atoms with Crippen LogP contribution in [0.4, 0.5) is 0 Å². The number of benzene rings is 1. The van der Waals surface area contributed by atoms with Crippen LogP contribution in [0.3, 0.4) is 0 Å². The molecule has 0 radical (unpaired) electrons. The molecule has 1 atom stereocenters. The van der Waals surface area contributed by atoms with Crippen molar-refractivity contribution < 1.29 is 13.2 Å². The lowest BCUT2D eigenvalue weighted by atomic mass is 10.1. The van der Waals surface area contributed by atoms with Crippen molar-refractivity contribution >= 4 is 9.84 Å². The minimum Gasteiger partial charge on any atom is -0.497 e. The van der Waals surface area contributed by atoms with E-state index in [0.717, 1.165) is 11.3 Å². The van der Waals surface area contributed by atoms with Crippen LogP contribution in [-0.4, -0.2) is 51.6 Å². The molecule has 1 aromatic rings. The summed E-state index contributed by atoms with van der Waals surface area (Å²) in [7, 11) is -1.22. The number of rotatable bonds is 4. The molecule has 1 saturated heterocycles. The number of hydrogen-bond acceptors (Lipinski definition) is 5. The number of nitrogens with zero attached hydrogens (tertiary/aromatic N) is 1. The molecule has 0 spiro atoms. The number of ether oxygens (including phenoxy) is 1. The van der Waals surface area contributed by atoms with Gasteiger partial charge in [-0.25, -0.2) is 8.42 Å². The van der Waals surface area contributed by atoms with Crippen molar-refractivity contribution in [2.45, 2.75) is 6.04 Å². The highest BCUT2D eigenvalue weighted by Crippen LogP contribution is 2.23. The second kappa shape index (κ2) is 5.90. The smallest absolute Gasteiger partial charge is 0.152 e. The van der Waals surface area contributed by atoms with Gasteiger partial charge in [0.05, 0.1) is 18.6 Å². The van der Waals surface area contributed by atoms with Gasteiger partial charge in [0.2, 0.25) is 0 Å². The Morgan fingerprint density at radius 3 is 2.32 bits per heavy atom. The Kier molecular flexibility index (Phi) is 4.44. The zero-order valence-corrected chi connectivity index (χ0v) is 11.9. The highest BCUT2D eigenvalue weighted by atomic mass is 32.2. The lowest BCUT2D eigenvalue weighted by Crippen LogP contribution is -2.44. The van der Waals surface area contributed by atoms with Gasteiger partial charge in [-0.1, -0.05) is 12.1 Å². The molecule has 1 aliphatic heterocycles. The fourth-order valence-corrected chi connectivity index (χ4v) is 3.59. The van der Waals surface area contributed by atoms with Crippen LogP contribution in [0.5, 0.6) is 5.75 Å². The molecule has 0 aliphatic carbocycles. The lowest BCUT2D eigenvalue weighted by molar-refractivity contribution is 0.218. The molecule has 6 heteroatoms. The SMILES string of the molecule is COc1ccc(C(CN)N2CCS(=O)(=O)CC2)cc1. The Morgan fingerprint density at radius 2 is 1.84 bits per heavy atom. The Labute approximate surface area is 114 Å². The third-order valence-electron chi connectivity index (χ3n) is 3.54. The zero-order chi connectivity index (χ0) is 13.9. The van der Waals surface area contributed by atoms with Crippen molar-refractivity contribution in [3.8, 4) is 5.75 Å². The van der Waals surface area contributed by atoms with E-state index in [9.17, 15) is 8.42 Å². The van der Waals surface area contributed by atoms with Gasteiger partial charge < -0.3 is 10.5 Å². The molecule has 1 aliphatic rings. The first kappa shape index (κ1) is 14.3. The molecule has 1 heterocycles. The van der Waals surface area contributed by atoms with Crippen molar-refractivity contribution in [3.63, 3.8) is 0 Å². The lowest BCUT2D eigenvalue weighted by Gasteiger charge is -2.34. The van der Waals surface area contributed by atoms with E-state index in [-0.39, 0.29) is 17.5 Å². The Morgan fingerprint density at radius 1 is 1.26 bits per heavy atom. The molecule has 19 heavy (non-hydrogen) atoms. The molecule has 0 saturated carbocycles. The van der Waals surface area contributed by atoms with E-state index in [1.807, 2.05) is 24.3 Å². The maximum absolute atomic E-state index is 11.5. The normalized spacial score (nSPS) is 20.9. The molecular formula is C13H20N2O3S. The van der Waals surface area contributed by atoms with Crippen LogP contribution in [0.1, 0.15) is 11.6 Å². The summed E-state index contributed by atoms with van der Waals surface area (Å²) in [5, 5.41) is 0. The molecular weight excluding hydrogens is 264 g/mol. The minimum atomic E-state index is -2.85. The molecule has 106 valence electrons. The van der Waals surface area contributed by atoms with Crippen molar-refractivity contribution in [1.29, 1.82) is 0 Å². The largest absolute Gasteiger partial charge is 0.497 e. The number of nitrogens with two attached hydrogens (primary N) is 1. The molecule has 0 aromatic heterocycles. The standard InChI is InChI=1S/C13H20N2O3S/c1-18-12-4-2-11(3-5-12)13(10-14)15-6-8-19(16,17)9-7-15/h2-5,13H,6-10,14H2,1H3. The van der Waals surface area contributed by atoms with Gasteiger partial charge in [0, 0.05) is 25.7 Å². The van der Waals surface area contributed by atoms with Gasteiger partial charge in [0.25, 0.3) is 0 Å². The molecule has 2 rings (SSSR count). The summed E-state index contributed by atoms with van der Waals surface area (Å²) in [5.74, 6) is 1.25. The number of methoxy groups -OCH3 is 1. The molecule has 0 bridgehead atoms. The average molecular weight is 284 g/mol. The summed E-state index contributed by atoms with van der Waals surface area (Å²) in [4.78, 5) is 2.14. The first-order valence-electron chi connectivity index (χ1n) is 6.34. The highest BCUT2D eigenvalue weighted by Gasteiger charge is 2.27. The quantitative estimate of drug-likeness (QED) is 0.868. The summed E-state index contributed by atoms with van der Waals surface area (Å²) in [6.07, 6.45) is 0. The van der Waals surface area contributed by atoms with Crippen molar-refractivity contribution in [2.24, 2.45) is 5.73 Å². The van der Waals surface area contributed by atoms with E-state index in [1.165, 1.54) is 0 Å². The summed E-state index contributed by atoms with van der Waals surface area (Å²) < 4.78 is 28.0. The Bertz CT molecular complexity index is 499. The van der Waals surface area contributed by atoms with Crippen molar-refractivity contribution in [3.05, 3.63) is 29.8 Å². The molecule has 1 fully saturated rings. The average Bonchev–Trinajstić information content (AvgIpc) is 2.42. The van der Waals surface area contributed by atoms with E-state index in [4.69, 9.17) is 10.5 Å². The van der Waals surface area contributed by atoms with Crippen LogP contribution in [0.15, 0.2) is 24.3 Å². The predicted molar refractivity (Wildman–Crippen MR) is 75.0 cm³/mol. The van der Waals surface area contributed by atoms with Gasteiger partial charge in [0.1, 0.15) is 5.75 Å². The van der Waals surface area contributed by atoms with Gasteiger partial charge in [-0.15, -0.1) is 0 Å². The molecule has 2 N–H and O–H groups in total. The van der Waals surface area contributed by atoms with Gasteiger partial charge in [0.15, 0.2) is 9.84 Å². The van der Waals surface area contributed by atoms with E-state index < -0.39 is 9.84 Å². The first-order valence-corrected chi connectivity index (χ1v) is 8.16. The van der Waals surface area contributed by atoms with Crippen LogP contribution in [0.2, 0.25) is 0 Å². The molecule has 1 aromatic carbocycles. The molecule has 5 nitrogen and oxygen atoms in total. The van der Waals surface area contributed by atoms with E-state index in [0.29, 0.717) is 19.6 Å². The summed E-state index contributed by atoms with van der Waals surface area (Å²) >= 11 is 0. The van der Waals surface area contributed by atoms with Crippen molar-refractivity contribution in [1.82, 2.24) is 4.90 Å². The van der Waals surface area contributed by atoms with E-state index in [1.54, 1.807) is 7.11 Å². The third kappa shape index (κ3) is 3.46. The predicted octanol–water partition coefficient (Wildman–Crippen LogP) is 0.425. The van der Waals surface area contributed by atoms with Gasteiger partial charge in [-0.2, -0.15) is 0 Å². The summed E-state index contributed by atoms with van der Waals surface area (Å²) in [6.45, 7) is 1.58. The number of sulfone groups is 1. The van der Waals surface area contributed by atoms with Crippen LogP contribution in [0, 0.1) is 0 Å². The minimum absolute atomic E-state index is 0.0707. The topological polar surface area (TPSA) is 72.6 Å². The summed E-state index contributed by atoms with van der Waals surface area (Å²) in [5.41, 5.74) is 6.95. The Hall–Kier alpha value is -1.11.